The van der Waals surface area contributed by atoms with Gasteiger partial charge in [-0.25, -0.2) is 4.98 Å². The second-order valence-corrected chi connectivity index (χ2v) is 8.20. The first-order chi connectivity index (χ1) is 16.2. The first-order valence-electron chi connectivity index (χ1n) is 11.1. The maximum atomic E-state index is 9.50. The van der Waals surface area contributed by atoms with Crippen LogP contribution in [0.3, 0.4) is 0 Å². The van der Waals surface area contributed by atoms with Crippen LogP contribution in [0.25, 0.3) is 11.5 Å². The number of methoxy groups -OCH3 is 1. The van der Waals surface area contributed by atoms with Crippen LogP contribution in [-0.2, 0) is 11.2 Å². The number of anilines is 1. The summed E-state index contributed by atoms with van der Waals surface area (Å²) in [7, 11) is 1.64. The molecule has 180 valence electrons. The number of aryl methyl sites for hydroxylation is 1. The molecule has 34 heavy (non-hydrogen) atoms. The van der Waals surface area contributed by atoms with Crippen molar-refractivity contribution < 1.29 is 23.7 Å². The standard InChI is InChI=1S/C27H32N2O5/c1-17-7-9-24(32-17)11-18(2)33-25-12-23(13-26(14-25)34-19(3)16-31-6)20(4)29-27-10-8-22(15-28-27)21(5)30/h7-10,12-15,18-19,30H,4-5,11,16H2,1-3,6H3,(H,28,29). The van der Waals surface area contributed by atoms with Crippen LogP contribution in [0.1, 0.15) is 36.5 Å². The predicted octanol–water partition coefficient (Wildman–Crippen LogP) is 6.02. The van der Waals surface area contributed by atoms with Crippen LogP contribution in [0.4, 0.5) is 5.82 Å². The molecule has 2 N–H and O–H groups in total. The fraction of sp³-hybridized carbons (Fsp3) is 0.296. The average molecular weight is 465 g/mol. The number of ether oxygens (including phenoxy) is 3. The van der Waals surface area contributed by atoms with E-state index < -0.39 is 0 Å². The van der Waals surface area contributed by atoms with Crippen molar-refractivity contribution >= 4 is 17.3 Å². The van der Waals surface area contributed by atoms with E-state index in [0.29, 0.717) is 41.6 Å². The highest BCUT2D eigenvalue weighted by Crippen LogP contribution is 2.29. The van der Waals surface area contributed by atoms with Crippen LogP contribution in [0.15, 0.2) is 66.2 Å². The summed E-state index contributed by atoms with van der Waals surface area (Å²) in [5, 5.41) is 12.7. The highest BCUT2D eigenvalue weighted by atomic mass is 16.5. The van der Waals surface area contributed by atoms with E-state index in [1.165, 1.54) is 6.20 Å². The molecule has 0 aliphatic carbocycles. The van der Waals surface area contributed by atoms with E-state index in [0.717, 1.165) is 17.1 Å². The Balaban J connectivity index is 1.79. The van der Waals surface area contributed by atoms with Crippen LogP contribution in [0.2, 0.25) is 0 Å². The van der Waals surface area contributed by atoms with Gasteiger partial charge in [-0.1, -0.05) is 13.2 Å². The number of aliphatic hydroxyl groups is 1. The maximum Gasteiger partial charge on any atom is 0.130 e. The maximum absolute atomic E-state index is 9.50. The Bertz CT molecular complexity index is 1120. The predicted molar refractivity (Wildman–Crippen MR) is 134 cm³/mol. The molecular formula is C27H32N2O5. The zero-order valence-corrected chi connectivity index (χ0v) is 20.1. The molecule has 0 saturated heterocycles. The number of rotatable bonds is 12. The minimum absolute atomic E-state index is 0.0338. The summed E-state index contributed by atoms with van der Waals surface area (Å²) in [5.41, 5.74) is 1.96. The zero-order chi connectivity index (χ0) is 24.7. The molecule has 2 atom stereocenters. The second kappa shape index (κ2) is 11.4. The first kappa shape index (κ1) is 24.9. The molecule has 2 heterocycles. The Morgan fingerprint density at radius 3 is 2.29 bits per heavy atom. The summed E-state index contributed by atoms with van der Waals surface area (Å²) in [5.74, 6) is 3.58. The van der Waals surface area contributed by atoms with Gasteiger partial charge in [0.25, 0.3) is 0 Å². The van der Waals surface area contributed by atoms with Gasteiger partial charge in [0.1, 0.15) is 46.8 Å². The average Bonchev–Trinajstić information content (AvgIpc) is 3.18. The van der Waals surface area contributed by atoms with E-state index in [9.17, 15) is 5.11 Å². The van der Waals surface area contributed by atoms with Gasteiger partial charge in [-0.2, -0.15) is 0 Å². The lowest BCUT2D eigenvalue weighted by atomic mass is 10.1. The van der Waals surface area contributed by atoms with Crippen LogP contribution in [0, 0.1) is 6.92 Å². The lowest BCUT2D eigenvalue weighted by Crippen LogP contribution is -2.18. The second-order valence-electron chi connectivity index (χ2n) is 8.20. The summed E-state index contributed by atoms with van der Waals surface area (Å²) >= 11 is 0. The Morgan fingerprint density at radius 1 is 1.03 bits per heavy atom. The largest absolute Gasteiger partial charge is 0.508 e. The lowest BCUT2D eigenvalue weighted by molar-refractivity contribution is 0.0917. The summed E-state index contributed by atoms with van der Waals surface area (Å²) < 4.78 is 23.1. The third-order valence-corrected chi connectivity index (χ3v) is 4.96. The minimum Gasteiger partial charge on any atom is -0.508 e. The quantitative estimate of drug-likeness (QED) is 0.317. The van der Waals surface area contributed by atoms with E-state index in [1.54, 1.807) is 19.2 Å². The monoisotopic (exact) mass is 464 g/mol. The van der Waals surface area contributed by atoms with Crippen molar-refractivity contribution in [3.8, 4) is 11.5 Å². The molecule has 0 saturated carbocycles. The lowest BCUT2D eigenvalue weighted by Gasteiger charge is -2.19. The van der Waals surface area contributed by atoms with Gasteiger partial charge < -0.3 is 29.1 Å². The van der Waals surface area contributed by atoms with Crippen molar-refractivity contribution in [1.82, 2.24) is 4.98 Å². The van der Waals surface area contributed by atoms with Gasteiger partial charge in [0.15, 0.2) is 0 Å². The van der Waals surface area contributed by atoms with Crippen molar-refractivity contribution in [1.29, 1.82) is 0 Å². The van der Waals surface area contributed by atoms with Gasteiger partial charge in [-0.15, -0.1) is 0 Å². The Morgan fingerprint density at radius 2 is 1.74 bits per heavy atom. The SMILES string of the molecule is C=C(O)c1ccc(NC(=C)c2cc(OC(C)COC)cc(OC(C)Cc3ccc(C)o3)c2)nc1. The van der Waals surface area contributed by atoms with Crippen molar-refractivity contribution in [2.45, 2.75) is 39.4 Å². The molecule has 0 aliphatic rings. The summed E-state index contributed by atoms with van der Waals surface area (Å²) in [4.78, 5) is 4.30. The highest BCUT2D eigenvalue weighted by molar-refractivity contribution is 5.75. The molecule has 0 radical (unpaired) electrons. The van der Waals surface area contributed by atoms with Gasteiger partial charge in [0, 0.05) is 42.6 Å². The topological polar surface area (TPSA) is 86.0 Å². The van der Waals surface area contributed by atoms with Crippen LogP contribution < -0.4 is 14.8 Å². The van der Waals surface area contributed by atoms with E-state index in [1.807, 2.05) is 51.1 Å². The van der Waals surface area contributed by atoms with E-state index >= 15 is 0 Å². The molecular weight excluding hydrogens is 432 g/mol. The van der Waals surface area contributed by atoms with Gasteiger partial charge in [0.2, 0.25) is 0 Å². The van der Waals surface area contributed by atoms with Crippen LogP contribution >= 0.6 is 0 Å². The molecule has 3 aromatic rings. The van der Waals surface area contributed by atoms with Crippen molar-refractivity contribution in [2.75, 3.05) is 19.0 Å². The summed E-state index contributed by atoms with van der Waals surface area (Å²) in [6.45, 7) is 14.0. The minimum atomic E-state index is -0.140. The summed E-state index contributed by atoms with van der Waals surface area (Å²) in [6.07, 6.45) is 1.92. The molecule has 2 unspecified atom stereocenters. The Labute approximate surface area is 200 Å². The number of nitrogens with one attached hydrogen (secondary N) is 1. The number of aromatic nitrogens is 1. The highest BCUT2D eigenvalue weighted by Gasteiger charge is 2.14. The third-order valence-electron chi connectivity index (χ3n) is 4.96. The fourth-order valence-corrected chi connectivity index (χ4v) is 3.40. The number of aliphatic hydroxyl groups excluding tert-OH is 1. The molecule has 0 spiro atoms. The van der Waals surface area contributed by atoms with E-state index in [-0.39, 0.29) is 18.0 Å². The molecule has 2 aromatic heterocycles. The molecule has 0 bridgehead atoms. The Kier molecular flexibility index (Phi) is 8.38. The molecule has 3 rings (SSSR count). The zero-order valence-electron chi connectivity index (χ0n) is 20.1. The third kappa shape index (κ3) is 7.15. The number of benzene rings is 1. The van der Waals surface area contributed by atoms with Crippen LogP contribution in [-0.4, -0.2) is 36.0 Å². The molecule has 0 aliphatic heterocycles. The van der Waals surface area contributed by atoms with Crippen LogP contribution in [0.5, 0.6) is 11.5 Å². The number of nitrogens with zero attached hydrogens (tertiary/aromatic N) is 1. The number of hydrogen-bond donors (Lipinski definition) is 2. The fourth-order valence-electron chi connectivity index (χ4n) is 3.40. The van der Waals surface area contributed by atoms with Gasteiger partial charge >= 0.3 is 0 Å². The number of pyridine rings is 1. The van der Waals surface area contributed by atoms with Crippen molar-refractivity contribution in [3.63, 3.8) is 0 Å². The molecule has 7 heteroatoms. The van der Waals surface area contributed by atoms with Gasteiger partial charge in [0.05, 0.1) is 6.61 Å². The van der Waals surface area contributed by atoms with E-state index in [2.05, 4.69) is 23.5 Å². The molecule has 1 aromatic carbocycles. The molecule has 7 nitrogen and oxygen atoms in total. The van der Waals surface area contributed by atoms with Crippen molar-refractivity contribution in [2.24, 2.45) is 0 Å². The Hall–Kier alpha value is -3.71. The van der Waals surface area contributed by atoms with Crippen molar-refractivity contribution in [3.05, 3.63) is 84.5 Å². The summed E-state index contributed by atoms with van der Waals surface area (Å²) in [6, 6.07) is 13.0. The van der Waals surface area contributed by atoms with Gasteiger partial charge in [-0.05, 0) is 57.2 Å². The van der Waals surface area contributed by atoms with Gasteiger partial charge in [-0.3, -0.25) is 0 Å². The first-order valence-corrected chi connectivity index (χ1v) is 11.1. The number of hydrogen-bond acceptors (Lipinski definition) is 7. The van der Waals surface area contributed by atoms with E-state index in [4.69, 9.17) is 18.6 Å². The normalized spacial score (nSPS) is 12.6. The number of furan rings is 1. The molecule has 0 fully saturated rings. The molecule has 0 amide bonds. The smallest absolute Gasteiger partial charge is 0.130 e.